The summed E-state index contributed by atoms with van der Waals surface area (Å²) in [7, 11) is 1.59. The summed E-state index contributed by atoms with van der Waals surface area (Å²) in [5.74, 6) is 0.498. The quantitative estimate of drug-likeness (QED) is 0.617. The van der Waals surface area contributed by atoms with Crippen LogP contribution in [0.25, 0.3) is 10.8 Å². The predicted molar refractivity (Wildman–Crippen MR) is 112 cm³/mol. The van der Waals surface area contributed by atoms with Gasteiger partial charge in [-0.1, -0.05) is 68.4 Å². The third-order valence-electron chi connectivity index (χ3n) is 5.65. The number of fused-ring (bicyclic) bond motifs is 1. The number of amides is 1. The fourth-order valence-electron chi connectivity index (χ4n) is 3.84. The first-order valence-corrected chi connectivity index (χ1v) is 9.54. The summed E-state index contributed by atoms with van der Waals surface area (Å²) in [6.07, 6.45) is 1.90. The number of rotatable bonds is 7. The number of nitrogens with one attached hydrogen (secondary N) is 1. The minimum atomic E-state index is -0.113. The minimum absolute atomic E-state index is 0.0982. The van der Waals surface area contributed by atoms with Gasteiger partial charge in [-0.15, -0.1) is 0 Å². The van der Waals surface area contributed by atoms with Gasteiger partial charge in [-0.05, 0) is 41.3 Å². The molecule has 0 heterocycles. The van der Waals surface area contributed by atoms with Gasteiger partial charge in [-0.25, -0.2) is 0 Å². The van der Waals surface area contributed by atoms with Crippen molar-refractivity contribution in [1.82, 2.24) is 5.32 Å². The molecule has 0 aliphatic rings. The summed E-state index contributed by atoms with van der Waals surface area (Å²) in [4.78, 5) is 12.8. The standard InChI is InChI=1S/C24H27NO2/c1-4-24(5-2,21-15-10-12-18-11-6-7-13-19(18)21)17-25-23(26)20-14-8-9-16-22(20)27-3/h6-16H,4-5,17H2,1-3H3,(H,25,26). The van der Waals surface area contributed by atoms with Crippen LogP contribution in [0, 0.1) is 0 Å². The summed E-state index contributed by atoms with van der Waals surface area (Å²) in [6, 6.07) is 22.2. The van der Waals surface area contributed by atoms with Gasteiger partial charge in [0, 0.05) is 12.0 Å². The van der Waals surface area contributed by atoms with Crippen LogP contribution in [0.4, 0.5) is 0 Å². The third kappa shape index (κ3) is 3.68. The monoisotopic (exact) mass is 361 g/mol. The van der Waals surface area contributed by atoms with Gasteiger partial charge in [0.25, 0.3) is 5.91 Å². The molecule has 0 bridgehead atoms. The lowest BCUT2D eigenvalue weighted by Gasteiger charge is -2.34. The second-order valence-corrected chi connectivity index (χ2v) is 6.90. The van der Waals surface area contributed by atoms with Gasteiger partial charge in [0.05, 0.1) is 12.7 Å². The van der Waals surface area contributed by atoms with E-state index in [2.05, 4.69) is 61.6 Å². The molecule has 0 unspecified atom stereocenters. The second-order valence-electron chi connectivity index (χ2n) is 6.90. The zero-order valence-electron chi connectivity index (χ0n) is 16.3. The zero-order chi connectivity index (χ0) is 19.3. The fourth-order valence-corrected chi connectivity index (χ4v) is 3.84. The number of ether oxygens (including phenoxy) is 1. The van der Waals surface area contributed by atoms with Crippen molar-refractivity contribution in [2.45, 2.75) is 32.1 Å². The number of hydrogen-bond acceptors (Lipinski definition) is 2. The van der Waals surface area contributed by atoms with E-state index in [1.165, 1.54) is 16.3 Å². The highest BCUT2D eigenvalue weighted by Gasteiger charge is 2.31. The number of hydrogen-bond donors (Lipinski definition) is 1. The molecule has 0 aliphatic carbocycles. The molecule has 0 atom stereocenters. The number of carbonyl (C=O) groups excluding carboxylic acids is 1. The Kier molecular flexibility index (Phi) is 5.80. The lowest BCUT2D eigenvalue weighted by atomic mass is 9.74. The van der Waals surface area contributed by atoms with Gasteiger partial charge in [0.15, 0.2) is 0 Å². The molecule has 0 aliphatic heterocycles. The van der Waals surface area contributed by atoms with Crippen LogP contribution < -0.4 is 10.1 Å². The Labute approximate surface area is 161 Å². The molecule has 0 saturated heterocycles. The highest BCUT2D eigenvalue weighted by atomic mass is 16.5. The molecule has 0 aromatic heterocycles. The van der Waals surface area contributed by atoms with Crippen molar-refractivity contribution >= 4 is 16.7 Å². The molecule has 140 valence electrons. The van der Waals surface area contributed by atoms with Gasteiger partial charge < -0.3 is 10.1 Å². The normalized spacial score (nSPS) is 11.4. The molecule has 3 rings (SSSR count). The first kappa shape index (κ1) is 19.0. The van der Waals surface area contributed by atoms with Crippen LogP contribution in [0.1, 0.15) is 42.6 Å². The molecular weight excluding hydrogens is 334 g/mol. The van der Waals surface area contributed by atoms with Crippen LogP contribution in [0.5, 0.6) is 5.75 Å². The number of methoxy groups -OCH3 is 1. The molecule has 0 fully saturated rings. The Balaban J connectivity index is 1.92. The Morgan fingerprint density at radius 1 is 0.926 bits per heavy atom. The summed E-state index contributed by atoms with van der Waals surface area (Å²) >= 11 is 0. The molecule has 27 heavy (non-hydrogen) atoms. The second kappa shape index (κ2) is 8.26. The van der Waals surface area contributed by atoms with E-state index in [1.807, 2.05) is 18.2 Å². The van der Waals surface area contributed by atoms with Crippen LogP contribution in [0.3, 0.4) is 0 Å². The predicted octanol–water partition coefficient (Wildman–Crippen LogP) is 5.34. The van der Waals surface area contributed by atoms with Crippen molar-refractivity contribution in [1.29, 1.82) is 0 Å². The maximum absolute atomic E-state index is 12.8. The summed E-state index contributed by atoms with van der Waals surface area (Å²) in [5.41, 5.74) is 1.75. The van der Waals surface area contributed by atoms with Gasteiger partial charge in [-0.3, -0.25) is 4.79 Å². The molecule has 3 nitrogen and oxygen atoms in total. The average molecular weight is 361 g/mol. The summed E-state index contributed by atoms with van der Waals surface area (Å²) in [6.45, 7) is 4.98. The van der Waals surface area contributed by atoms with Crippen LogP contribution in [-0.4, -0.2) is 19.6 Å². The number of para-hydroxylation sites is 1. The zero-order valence-corrected chi connectivity index (χ0v) is 16.3. The SMILES string of the molecule is CCC(CC)(CNC(=O)c1ccccc1OC)c1cccc2ccccc12. The summed E-state index contributed by atoms with van der Waals surface area (Å²) < 4.78 is 5.33. The lowest BCUT2D eigenvalue weighted by molar-refractivity contribution is 0.0938. The molecule has 0 saturated carbocycles. The van der Waals surface area contributed by atoms with E-state index in [1.54, 1.807) is 13.2 Å². The van der Waals surface area contributed by atoms with Crippen LogP contribution in [0.2, 0.25) is 0 Å². The molecule has 3 aromatic rings. The smallest absolute Gasteiger partial charge is 0.255 e. The van der Waals surface area contributed by atoms with E-state index >= 15 is 0 Å². The first-order valence-electron chi connectivity index (χ1n) is 9.54. The number of carbonyl (C=O) groups is 1. The lowest BCUT2D eigenvalue weighted by Crippen LogP contribution is -2.40. The third-order valence-corrected chi connectivity index (χ3v) is 5.65. The van der Waals surface area contributed by atoms with Crippen LogP contribution in [-0.2, 0) is 5.41 Å². The maximum atomic E-state index is 12.8. The Morgan fingerprint density at radius 2 is 1.59 bits per heavy atom. The van der Waals surface area contributed by atoms with Crippen molar-refractivity contribution in [3.8, 4) is 5.75 Å². The minimum Gasteiger partial charge on any atom is -0.496 e. The van der Waals surface area contributed by atoms with Gasteiger partial charge in [0.2, 0.25) is 0 Å². The van der Waals surface area contributed by atoms with Gasteiger partial charge >= 0.3 is 0 Å². The van der Waals surface area contributed by atoms with Crippen molar-refractivity contribution in [3.05, 3.63) is 77.9 Å². The van der Waals surface area contributed by atoms with Crippen LogP contribution >= 0.6 is 0 Å². The van der Waals surface area contributed by atoms with Gasteiger partial charge in [0.1, 0.15) is 5.75 Å². The largest absolute Gasteiger partial charge is 0.496 e. The molecule has 0 radical (unpaired) electrons. The Morgan fingerprint density at radius 3 is 2.33 bits per heavy atom. The van der Waals surface area contributed by atoms with E-state index in [9.17, 15) is 4.79 Å². The van der Waals surface area contributed by atoms with E-state index in [0.717, 1.165) is 12.8 Å². The summed E-state index contributed by atoms with van der Waals surface area (Å²) in [5, 5.41) is 5.65. The van der Waals surface area contributed by atoms with E-state index in [4.69, 9.17) is 4.74 Å². The van der Waals surface area contributed by atoms with Crippen molar-refractivity contribution in [2.75, 3.05) is 13.7 Å². The Hall–Kier alpha value is -2.81. The molecule has 3 heteroatoms. The van der Waals surface area contributed by atoms with E-state index < -0.39 is 0 Å². The topological polar surface area (TPSA) is 38.3 Å². The molecule has 0 spiro atoms. The number of benzene rings is 3. The highest BCUT2D eigenvalue weighted by Crippen LogP contribution is 2.36. The van der Waals surface area contributed by atoms with E-state index in [-0.39, 0.29) is 11.3 Å². The van der Waals surface area contributed by atoms with Crippen molar-refractivity contribution in [2.24, 2.45) is 0 Å². The Bertz CT molecular complexity index is 923. The van der Waals surface area contributed by atoms with Crippen molar-refractivity contribution < 1.29 is 9.53 Å². The fraction of sp³-hybridized carbons (Fsp3) is 0.292. The van der Waals surface area contributed by atoms with Crippen LogP contribution in [0.15, 0.2) is 66.7 Å². The molecular formula is C24H27NO2. The molecule has 1 N–H and O–H groups in total. The van der Waals surface area contributed by atoms with E-state index in [0.29, 0.717) is 17.9 Å². The average Bonchev–Trinajstić information content (AvgIpc) is 2.74. The molecule has 3 aromatic carbocycles. The van der Waals surface area contributed by atoms with Crippen molar-refractivity contribution in [3.63, 3.8) is 0 Å². The molecule has 1 amide bonds. The maximum Gasteiger partial charge on any atom is 0.255 e. The van der Waals surface area contributed by atoms with Gasteiger partial charge in [-0.2, -0.15) is 0 Å². The highest BCUT2D eigenvalue weighted by molar-refractivity contribution is 5.97. The first-order chi connectivity index (χ1) is 13.1.